The molecule has 1 aliphatic carbocycles. The van der Waals surface area contributed by atoms with Crippen LogP contribution in [0.25, 0.3) is 21.5 Å². The van der Waals surface area contributed by atoms with Gasteiger partial charge in [0.25, 0.3) is 11.5 Å². The molecule has 140 valence electrons. The molecular formula is C20H17N5O2S. The van der Waals surface area contributed by atoms with Crippen LogP contribution in [0.2, 0.25) is 0 Å². The molecule has 8 heteroatoms. The molecular weight excluding hydrogens is 374 g/mol. The maximum Gasteiger partial charge on any atom is 0.288 e. The molecule has 5 rings (SSSR count). The summed E-state index contributed by atoms with van der Waals surface area (Å²) in [5.41, 5.74) is 5.32. The molecule has 0 unspecified atom stereocenters. The van der Waals surface area contributed by atoms with Gasteiger partial charge in [0, 0.05) is 10.4 Å². The predicted molar refractivity (Wildman–Crippen MR) is 108 cm³/mol. The highest BCUT2D eigenvalue weighted by molar-refractivity contribution is 7.18. The Kier molecular flexibility index (Phi) is 4.05. The number of aromatic nitrogens is 4. The number of carbonyl (C=O) groups excluding carboxylic acids is 1. The van der Waals surface area contributed by atoms with E-state index >= 15 is 0 Å². The zero-order valence-electron chi connectivity index (χ0n) is 14.9. The Morgan fingerprint density at radius 2 is 2.00 bits per heavy atom. The van der Waals surface area contributed by atoms with Gasteiger partial charge in [-0.2, -0.15) is 5.10 Å². The Hall–Kier alpha value is -3.26. The minimum absolute atomic E-state index is 0.236. The van der Waals surface area contributed by atoms with Gasteiger partial charge in [-0.3, -0.25) is 20.1 Å². The fourth-order valence-electron chi connectivity index (χ4n) is 3.59. The van der Waals surface area contributed by atoms with E-state index in [0.717, 1.165) is 46.3 Å². The lowest BCUT2D eigenvalue weighted by atomic mass is 9.97. The van der Waals surface area contributed by atoms with Gasteiger partial charge in [-0.1, -0.05) is 30.3 Å². The van der Waals surface area contributed by atoms with Gasteiger partial charge in [-0.05, 0) is 37.3 Å². The lowest BCUT2D eigenvalue weighted by Gasteiger charge is -2.10. The molecule has 0 aliphatic heterocycles. The normalized spacial score (nSPS) is 13.4. The molecule has 3 heterocycles. The monoisotopic (exact) mass is 391 g/mol. The molecule has 0 fully saturated rings. The zero-order chi connectivity index (χ0) is 19.1. The van der Waals surface area contributed by atoms with Gasteiger partial charge in [-0.25, -0.2) is 9.66 Å². The second-order valence-electron chi connectivity index (χ2n) is 6.78. The number of hydrogen-bond acceptors (Lipinski definition) is 5. The van der Waals surface area contributed by atoms with Crippen molar-refractivity contribution in [3.8, 4) is 11.3 Å². The second kappa shape index (κ2) is 6.72. The molecule has 28 heavy (non-hydrogen) atoms. The quantitative estimate of drug-likeness (QED) is 0.561. The van der Waals surface area contributed by atoms with Crippen molar-refractivity contribution in [2.75, 3.05) is 5.43 Å². The first-order chi connectivity index (χ1) is 13.7. The number of carbonyl (C=O) groups is 1. The topological polar surface area (TPSA) is 92.7 Å². The number of amides is 1. The first-order valence-electron chi connectivity index (χ1n) is 9.15. The van der Waals surface area contributed by atoms with Crippen LogP contribution in [0.1, 0.15) is 33.8 Å². The minimum Gasteiger partial charge on any atom is -0.272 e. The highest BCUT2D eigenvalue weighted by Crippen LogP contribution is 2.33. The van der Waals surface area contributed by atoms with Gasteiger partial charge >= 0.3 is 0 Å². The van der Waals surface area contributed by atoms with Gasteiger partial charge < -0.3 is 0 Å². The molecule has 0 saturated heterocycles. The molecule has 4 aromatic rings. The lowest BCUT2D eigenvalue weighted by Crippen LogP contribution is -2.33. The van der Waals surface area contributed by atoms with Crippen molar-refractivity contribution < 1.29 is 4.79 Å². The van der Waals surface area contributed by atoms with Gasteiger partial charge in [0.15, 0.2) is 0 Å². The Morgan fingerprint density at radius 1 is 1.18 bits per heavy atom. The van der Waals surface area contributed by atoms with Crippen molar-refractivity contribution in [3.63, 3.8) is 0 Å². The fraction of sp³-hybridized carbons (Fsp3) is 0.200. The maximum atomic E-state index is 12.9. The van der Waals surface area contributed by atoms with Crippen LogP contribution in [-0.4, -0.2) is 25.8 Å². The van der Waals surface area contributed by atoms with Gasteiger partial charge in [0.05, 0.1) is 11.1 Å². The molecule has 0 atom stereocenters. The van der Waals surface area contributed by atoms with E-state index in [-0.39, 0.29) is 11.3 Å². The number of rotatable bonds is 3. The Labute approximate surface area is 164 Å². The standard InChI is InChI=1S/C20H17N5O2S/c26-18(15-10-14(22-23-15)12-6-2-1-3-7-12)24-25-11-21-19-17(20(25)27)13-8-4-5-9-16(13)28-19/h1-3,6-7,10-11H,4-5,8-9H2,(H,22,23)(H,24,26). The number of thiophene rings is 1. The van der Waals surface area contributed by atoms with Crippen molar-refractivity contribution in [2.45, 2.75) is 25.7 Å². The minimum atomic E-state index is -0.443. The molecule has 0 saturated carbocycles. The summed E-state index contributed by atoms with van der Waals surface area (Å²) in [6, 6.07) is 11.2. The van der Waals surface area contributed by atoms with E-state index in [1.54, 1.807) is 17.4 Å². The molecule has 7 nitrogen and oxygen atoms in total. The summed E-state index contributed by atoms with van der Waals surface area (Å²) in [4.78, 5) is 31.9. The van der Waals surface area contributed by atoms with Crippen LogP contribution in [0.4, 0.5) is 0 Å². The summed E-state index contributed by atoms with van der Waals surface area (Å²) >= 11 is 1.59. The second-order valence-corrected chi connectivity index (χ2v) is 7.87. The molecule has 0 bridgehead atoms. The van der Waals surface area contributed by atoms with Crippen LogP contribution < -0.4 is 11.0 Å². The Balaban J connectivity index is 1.45. The molecule has 0 radical (unpaired) electrons. The van der Waals surface area contributed by atoms with Crippen LogP contribution >= 0.6 is 11.3 Å². The van der Waals surface area contributed by atoms with E-state index in [0.29, 0.717) is 11.1 Å². The summed E-state index contributed by atoms with van der Waals surface area (Å²) in [6.45, 7) is 0. The lowest BCUT2D eigenvalue weighted by molar-refractivity contribution is 0.100. The van der Waals surface area contributed by atoms with E-state index < -0.39 is 5.91 Å². The first-order valence-corrected chi connectivity index (χ1v) is 9.96. The van der Waals surface area contributed by atoms with Crippen LogP contribution in [0, 0.1) is 0 Å². The molecule has 1 aliphatic rings. The fourth-order valence-corrected chi connectivity index (χ4v) is 4.81. The van der Waals surface area contributed by atoms with Crippen molar-refractivity contribution in [2.24, 2.45) is 0 Å². The maximum absolute atomic E-state index is 12.9. The van der Waals surface area contributed by atoms with Crippen molar-refractivity contribution in [1.82, 2.24) is 19.9 Å². The number of aromatic amines is 1. The average molecular weight is 391 g/mol. The van der Waals surface area contributed by atoms with Crippen LogP contribution in [0.3, 0.4) is 0 Å². The average Bonchev–Trinajstić information content (AvgIpc) is 3.36. The van der Waals surface area contributed by atoms with Crippen LogP contribution in [0.15, 0.2) is 47.5 Å². The van der Waals surface area contributed by atoms with E-state index in [1.165, 1.54) is 11.2 Å². The van der Waals surface area contributed by atoms with Gasteiger partial charge in [0.1, 0.15) is 16.9 Å². The Morgan fingerprint density at radius 3 is 2.86 bits per heavy atom. The molecule has 1 aromatic carbocycles. The summed E-state index contributed by atoms with van der Waals surface area (Å²) in [5, 5.41) is 7.55. The number of benzene rings is 1. The predicted octanol–water partition coefficient (Wildman–Crippen LogP) is 3.11. The third-order valence-electron chi connectivity index (χ3n) is 4.99. The summed E-state index contributed by atoms with van der Waals surface area (Å²) in [7, 11) is 0. The molecule has 0 spiro atoms. The first kappa shape index (κ1) is 16.9. The largest absolute Gasteiger partial charge is 0.288 e. The van der Waals surface area contributed by atoms with Crippen molar-refractivity contribution in [3.05, 3.63) is 69.2 Å². The summed E-state index contributed by atoms with van der Waals surface area (Å²) < 4.78 is 1.16. The number of hydrogen-bond donors (Lipinski definition) is 2. The third kappa shape index (κ3) is 2.82. The van der Waals surface area contributed by atoms with Gasteiger partial charge in [0.2, 0.25) is 0 Å². The number of aryl methyl sites for hydroxylation is 2. The number of H-pyrrole nitrogens is 1. The zero-order valence-corrected chi connectivity index (χ0v) is 15.8. The van der Waals surface area contributed by atoms with Crippen molar-refractivity contribution >= 4 is 27.5 Å². The van der Waals surface area contributed by atoms with E-state index in [4.69, 9.17) is 0 Å². The van der Waals surface area contributed by atoms with E-state index in [1.807, 2.05) is 30.3 Å². The van der Waals surface area contributed by atoms with Gasteiger partial charge in [-0.15, -0.1) is 11.3 Å². The third-order valence-corrected chi connectivity index (χ3v) is 6.19. The van der Waals surface area contributed by atoms with Crippen LogP contribution in [-0.2, 0) is 12.8 Å². The highest BCUT2D eigenvalue weighted by Gasteiger charge is 2.21. The molecule has 2 N–H and O–H groups in total. The number of nitrogens with one attached hydrogen (secondary N) is 2. The number of fused-ring (bicyclic) bond motifs is 3. The molecule has 3 aromatic heterocycles. The number of nitrogens with zero attached hydrogens (tertiary/aromatic N) is 3. The SMILES string of the molecule is O=C(Nn1cnc2sc3c(c2c1=O)CCCC3)c1cc(-c2ccccc2)n[nH]1. The molecule has 1 amide bonds. The summed E-state index contributed by atoms with van der Waals surface area (Å²) in [5.74, 6) is -0.443. The summed E-state index contributed by atoms with van der Waals surface area (Å²) in [6.07, 6.45) is 5.49. The van der Waals surface area contributed by atoms with Crippen LogP contribution in [0.5, 0.6) is 0 Å². The highest BCUT2D eigenvalue weighted by atomic mass is 32.1. The Bertz CT molecular complexity index is 1240. The van der Waals surface area contributed by atoms with E-state index in [9.17, 15) is 9.59 Å². The van der Waals surface area contributed by atoms with Crippen molar-refractivity contribution in [1.29, 1.82) is 0 Å². The van der Waals surface area contributed by atoms with E-state index in [2.05, 4.69) is 20.6 Å². The smallest absolute Gasteiger partial charge is 0.272 e.